The molecule has 1 aromatic heterocycles. The van der Waals surface area contributed by atoms with E-state index in [1.54, 1.807) is 0 Å². The van der Waals surface area contributed by atoms with Crippen LogP contribution in [0.15, 0.2) is 10.5 Å². The number of thiophene rings is 1. The number of nitro groups is 1. The summed E-state index contributed by atoms with van der Waals surface area (Å²) in [5.41, 5.74) is 0.380. The van der Waals surface area contributed by atoms with Gasteiger partial charge >= 0.3 is 7.05 Å². The van der Waals surface area contributed by atoms with Crippen LogP contribution >= 0.6 is 11.3 Å². The van der Waals surface area contributed by atoms with Gasteiger partial charge in [-0.1, -0.05) is 0 Å². The van der Waals surface area contributed by atoms with E-state index in [2.05, 4.69) is 10.4 Å². The van der Waals surface area contributed by atoms with Crippen molar-refractivity contribution in [2.24, 2.45) is 5.10 Å². The minimum absolute atomic E-state index is 0.00991. The standard InChI is InChI=1S/C5H4BN3O3S/c10-6-5-3(1-7-8-6)4(2-13-5)9(11)12/h1-2,8,10H. The zero-order valence-corrected chi connectivity index (χ0v) is 7.11. The summed E-state index contributed by atoms with van der Waals surface area (Å²) >= 11 is 1.14. The number of fused-ring (bicyclic) bond motifs is 1. The molecule has 1 aromatic rings. The van der Waals surface area contributed by atoms with Crippen LogP contribution in [0.1, 0.15) is 5.56 Å². The molecule has 0 fully saturated rings. The average molecular weight is 197 g/mol. The smallest absolute Gasteiger partial charge is 0.427 e. The van der Waals surface area contributed by atoms with Gasteiger partial charge in [-0.25, -0.2) is 0 Å². The molecule has 6 nitrogen and oxygen atoms in total. The third-order valence-corrected chi connectivity index (χ3v) is 2.71. The topological polar surface area (TPSA) is 87.8 Å². The molecular formula is C5H4BN3O3S. The van der Waals surface area contributed by atoms with Gasteiger partial charge in [0.25, 0.3) is 5.69 Å². The van der Waals surface area contributed by atoms with Gasteiger partial charge in [-0.2, -0.15) is 5.10 Å². The highest BCUT2D eigenvalue weighted by Crippen LogP contribution is 2.20. The van der Waals surface area contributed by atoms with E-state index in [4.69, 9.17) is 0 Å². The van der Waals surface area contributed by atoms with E-state index in [1.807, 2.05) is 0 Å². The summed E-state index contributed by atoms with van der Waals surface area (Å²) in [6, 6.07) is 0. The molecule has 1 aliphatic rings. The highest BCUT2D eigenvalue weighted by Gasteiger charge is 2.29. The first-order valence-electron chi connectivity index (χ1n) is 3.42. The van der Waals surface area contributed by atoms with Crippen LogP contribution < -0.4 is 10.1 Å². The van der Waals surface area contributed by atoms with E-state index >= 15 is 0 Å². The second-order valence-electron chi connectivity index (χ2n) is 2.45. The van der Waals surface area contributed by atoms with Crippen LogP contribution in [0.5, 0.6) is 0 Å². The monoisotopic (exact) mass is 197 g/mol. The van der Waals surface area contributed by atoms with E-state index in [1.165, 1.54) is 11.6 Å². The quantitative estimate of drug-likeness (QED) is 0.353. The third kappa shape index (κ3) is 1.19. The molecule has 2 heterocycles. The van der Waals surface area contributed by atoms with E-state index in [-0.39, 0.29) is 5.69 Å². The lowest BCUT2D eigenvalue weighted by Gasteiger charge is -2.07. The van der Waals surface area contributed by atoms with E-state index in [0.717, 1.165) is 11.3 Å². The number of hydrogen-bond donors (Lipinski definition) is 2. The molecule has 0 bridgehead atoms. The molecule has 1 aliphatic heterocycles. The maximum Gasteiger partial charge on any atom is 0.474 e. The Labute approximate surface area is 77.2 Å². The van der Waals surface area contributed by atoms with Gasteiger partial charge in [-0.3, -0.25) is 10.1 Å². The molecule has 0 saturated carbocycles. The first-order chi connectivity index (χ1) is 6.20. The fraction of sp³-hybridized carbons (Fsp3) is 0. The maximum absolute atomic E-state index is 10.5. The molecule has 2 N–H and O–H groups in total. The second-order valence-corrected chi connectivity index (χ2v) is 3.36. The van der Waals surface area contributed by atoms with Crippen LogP contribution in [-0.4, -0.2) is 23.2 Å². The first-order valence-corrected chi connectivity index (χ1v) is 4.30. The normalized spacial score (nSPS) is 13.8. The van der Waals surface area contributed by atoms with Gasteiger partial charge in [0.05, 0.1) is 22.1 Å². The predicted molar refractivity (Wildman–Crippen MR) is 49.3 cm³/mol. The predicted octanol–water partition coefficient (Wildman–Crippen LogP) is -0.719. The first kappa shape index (κ1) is 8.20. The zero-order valence-electron chi connectivity index (χ0n) is 6.30. The number of rotatable bonds is 1. The Morgan fingerprint density at radius 1 is 1.77 bits per heavy atom. The largest absolute Gasteiger partial charge is 0.474 e. The third-order valence-electron chi connectivity index (χ3n) is 1.67. The van der Waals surface area contributed by atoms with E-state index in [9.17, 15) is 15.1 Å². The fourth-order valence-corrected chi connectivity index (χ4v) is 2.00. The van der Waals surface area contributed by atoms with Crippen LogP contribution in [-0.2, 0) is 0 Å². The Balaban J connectivity index is 2.55. The molecule has 8 heteroatoms. The minimum Gasteiger partial charge on any atom is -0.427 e. The van der Waals surface area contributed by atoms with Crippen molar-refractivity contribution in [3.8, 4) is 0 Å². The molecule has 0 radical (unpaired) electrons. The minimum atomic E-state index is -0.932. The summed E-state index contributed by atoms with van der Waals surface area (Å²) < 4.78 is 0.529. The Morgan fingerprint density at radius 2 is 2.54 bits per heavy atom. The average Bonchev–Trinajstić information content (AvgIpc) is 2.48. The molecule has 2 rings (SSSR count). The molecule has 0 spiro atoms. The van der Waals surface area contributed by atoms with Crippen molar-refractivity contribution in [1.82, 2.24) is 5.34 Å². The molecular weight excluding hydrogens is 193 g/mol. The Hall–Kier alpha value is -1.41. The summed E-state index contributed by atoms with van der Waals surface area (Å²) in [6.07, 6.45) is 1.34. The van der Waals surface area contributed by atoms with Crippen molar-refractivity contribution in [3.05, 3.63) is 21.1 Å². The Bertz CT molecular complexity index is 390. The van der Waals surface area contributed by atoms with Crippen LogP contribution in [0.2, 0.25) is 0 Å². The van der Waals surface area contributed by atoms with Gasteiger partial charge in [-0.05, 0) is 0 Å². The van der Waals surface area contributed by atoms with Gasteiger partial charge < -0.3 is 10.4 Å². The SMILES string of the molecule is O=[N+]([O-])c1csc2c1C=NNB2O. The van der Waals surface area contributed by atoms with Crippen LogP contribution in [0, 0.1) is 10.1 Å². The number of hydrazone groups is 1. The molecule has 0 aliphatic carbocycles. The number of nitrogens with zero attached hydrogens (tertiary/aromatic N) is 2. The van der Waals surface area contributed by atoms with Gasteiger partial charge in [-0.15, -0.1) is 11.3 Å². The molecule has 0 saturated heterocycles. The molecule has 0 atom stereocenters. The highest BCUT2D eigenvalue weighted by atomic mass is 32.1. The van der Waals surface area contributed by atoms with Crippen molar-refractivity contribution in [3.63, 3.8) is 0 Å². The lowest BCUT2D eigenvalue weighted by molar-refractivity contribution is -0.384. The summed E-state index contributed by atoms with van der Waals surface area (Å²) in [7, 11) is -0.932. The number of hydrogen-bond acceptors (Lipinski definition) is 6. The fourth-order valence-electron chi connectivity index (χ4n) is 1.09. The maximum atomic E-state index is 10.5. The molecule has 0 aromatic carbocycles. The summed E-state index contributed by atoms with van der Waals surface area (Å²) in [5.74, 6) is 0. The lowest BCUT2D eigenvalue weighted by atomic mass is 9.79. The van der Waals surface area contributed by atoms with Gasteiger partial charge in [0.15, 0.2) is 0 Å². The summed E-state index contributed by atoms with van der Waals surface area (Å²) in [4.78, 5) is 10.0. The van der Waals surface area contributed by atoms with Crippen molar-refractivity contribution in [1.29, 1.82) is 0 Å². The summed E-state index contributed by atoms with van der Waals surface area (Å²) in [5, 5.41) is 27.2. The molecule has 0 unspecified atom stereocenters. The van der Waals surface area contributed by atoms with E-state index < -0.39 is 12.0 Å². The van der Waals surface area contributed by atoms with E-state index in [0.29, 0.717) is 10.3 Å². The van der Waals surface area contributed by atoms with Crippen molar-refractivity contribution in [2.45, 2.75) is 0 Å². The highest BCUT2D eigenvalue weighted by molar-refractivity contribution is 7.22. The van der Waals surface area contributed by atoms with Crippen molar-refractivity contribution in [2.75, 3.05) is 0 Å². The van der Waals surface area contributed by atoms with Crippen LogP contribution in [0.3, 0.4) is 0 Å². The summed E-state index contributed by atoms with van der Waals surface area (Å²) in [6.45, 7) is 0. The Morgan fingerprint density at radius 3 is 3.23 bits per heavy atom. The van der Waals surface area contributed by atoms with Gasteiger partial charge in [0.2, 0.25) is 0 Å². The lowest BCUT2D eigenvalue weighted by Crippen LogP contribution is -2.45. The second kappa shape index (κ2) is 2.82. The van der Waals surface area contributed by atoms with Gasteiger partial charge in [0.1, 0.15) is 0 Å². The molecule has 66 valence electrons. The molecule has 13 heavy (non-hydrogen) atoms. The number of nitrogens with one attached hydrogen (secondary N) is 1. The Kier molecular flexibility index (Phi) is 1.78. The molecule has 0 amide bonds. The zero-order chi connectivity index (χ0) is 9.42. The van der Waals surface area contributed by atoms with Crippen molar-refractivity contribution >= 4 is 35.1 Å². The van der Waals surface area contributed by atoms with Crippen LogP contribution in [0.25, 0.3) is 0 Å². The van der Waals surface area contributed by atoms with Crippen molar-refractivity contribution < 1.29 is 9.95 Å². The van der Waals surface area contributed by atoms with Crippen LogP contribution in [0.4, 0.5) is 5.69 Å². The van der Waals surface area contributed by atoms with Gasteiger partial charge in [0, 0.05) is 4.78 Å².